The van der Waals surface area contributed by atoms with Gasteiger partial charge in [0.25, 0.3) is 10.0 Å². The van der Waals surface area contributed by atoms with Crippen LogP contribution in [0.5, 0.6) is 5.88 Å². The zero-order valence-corrected chi connectivity index (χ0v) is 19.9. The minimum Gasteiger partial charge on any atom is -0.480 e. The molecule has 0 bridgehead atoms. The Kier molecular flexibility index (Phi) is 5.93. The molecule has 1 aliphatic rings. The van der Waals surface area contributed by atoms with E-state index in [-0.39, 0.29) is 27.9 Å². The van der Waals surface area contributed by atoms with Crippen LogP contribution in [0.15, 0.2) is 48.0 Å². The maximum atomic E-state index is 15.6. The van der Waals surface area contributed by atoms with Crippen molar-refractivity contribution in [2.24, 2.45) is 0 Å². The van der Waals surface area contributed by atoms with Gasteiger partial charge in [0.15, 0.2) is 16.5 Å². The number of ether oxygens (including phenoxy) is 1. The summed E-state index contributed by atoms with van der Waals surface area (Å²) in [5.74, 6) is -1.86. The molecule has 35 heavy (non-hydrogen) atoms. The maximum absolute atomic E-state index is 15.6. The molecule has 182 valence electrons. The Morgan fingerprint density at radius 2 is 2.09 bits per heavy atom. The van der Waals surface area contributed by atoms with E-state index in [0.29, 0.717) is 24.4 Å². The molecule has 5 rings (SSSR count). The van der Waals surface area contributed by atoms with Gasteiger partial charge in [-0.15, -0.1) is 0 Å². The fourth-order valence-electron chi connectivity index (χ4n) is 4.27. The smallest absolute Gasteiger partial charge is 0.267 e. The molecule has 0 aliphatic carbocycles. The summed E-state index contributed by atoms with van der Waals surface area (Å²) in [5, 5.41) is 0.0544. The lowest BCUT2D eigenvalue weighted by Gasteiger charge is -2.26. The molecule has 0 spiro atoms. The first-order valence-electron chi connectivity index (χ1n) is 10.5. The number of methoxy groups -OCH3 is 1. The van der Waals surface area contributed by atoms with E-state index < -0.39 is 33.3 Å². The van der Waals surface area contributed by atoms with Crippen LogP contribution in [0.3, 0.4) is 0 Å². The van der Waals surface area contributed by atoms with Crippen molar-refractivity contribution in [1.82, 2.24) is 24.5 Å². The second-order valence-electron chi connectivity index (χ2n) is 7.95. The first-order valence-corrected chi connectivity index (χ1v) is 12.4. The van der Waals surface area contributed by atoms with Crippen molar-refractivity contribution in [2.75, 3.05) is 11.8 Å². The molecule has 1 aliphatic heterocycles. The Morgan fingerprint density at radius 1 is 1.26 bits per heavy atom. The third kappa shape index (κ3) is 4.23. The third-order valence-electron chi connectivity index (χ3n) is 5.86. The molecule has 0 unspecified atom stereocenters. The number of anilines is 1. The summed E-state index contributed by atoms with van der Waals surface area (Å²) in [6.07, 6.45) is 7.11. The number of rotatable bonds is 6. The lowest BCUT2D eigenvalue weighted by Crippen LogP contribution is -2.22. The molecule has 9 nitrogen and oxygen atoms in total. The number of nitrogens with zero attached hydrogens (tertiary/aromatic N) is 4. The van der Waals surface area contributed by atoms with E-state index in [4.69, 9.17) is 16.3 Å². The van der Waals surface area contributed by atoms with Crippen LogP contribution in [0.4, 0.5) is 14.5 Å². The number of aromatic nitrogens is 5. The standard InChI is InChI=1S/C22H19ClF2N6O3S/c1-34-22-17(8-13(23)9-28-22)35(32,33)30-15-4-3-14(24)18(19(15)25)12-2-5-16-20(21-26-6-7-27-21)29-11-31(16)10-12/h3-4,6-9,11-12,30H,2,5,10H2,1H3,(H,26,27)/t12-/m0/s1. The highest BCUT2D eigenvalue weighted by Crippen LogP contribution is 2.37. The molecule has 4 heterocycles. The topological polar surface area (TPSA) is 115 Å². The fraction of sp³-hybridized carbons (Fsp3) is 0.227. The number of sulfonamides is 1. The molecule has 0 saturated carbocycles. The summed E-state index contributed by atoms with van der Waals surface area (Å²) in [5.41, 5.74) is 1.02. The van der Waals surface area contributed by atoms with E-state index in [1.165, 1.54) is 13.3 Å². The van der Waals surface area contributed by atoms with Gasteiger partial charge in [-0.05, 0) is 31.0 Å². The van der Waals surface area contributed by atoms with Crippen molar-refractivity contribution in [3.8, 4) is 17.4 Å². The number of benzene rings is 1. The van der Waals surface area contributed by atoms with Gasteiger partial charge >= 0.3 is 0 Å². The lowest BCUT2D eigenvalue weighted by atomic mass is 9.89. The second kappa shape index (κ2) is 8.93. The first-order chi connectivity index (χ1) is 16.8. The maximum Gasteiger partial charge on any atom is 0.267 e. The van der Waals surface area contributed by atoms with Crippen molar-refractivity contribution in [3.05, 3.63) is 71.0 Å². The van der Waals surface area contributed by atoms with Gasteiger partial charge in [-0.3, -0.25) is 4.72 Å². The van der Waals surface area contributed by atoms with Crippen LogP contribution < -0.4 is 9.46 Å². The number of H-pyrrole nitrogens is 1. The first kappa shape index (κ1) is 23.2. The third-order valence-corrected chi connectivity index (χ3v) is 7.43. The fourth-order valence-corrected chi connectivity index (χ4v) is 5.70. The summed E-state index contributed by atoms with van der Waals surface area (Å²) in [4.78, 5) is 15.1. The molecule has 0 amide bonds. The second-order valence-corrected chi connectivity index (χ2v) is 10.0. The summed E-state index contributed by atoms with van der Waals surface area (Å²) < 4.78 is 65.3. The largest absolute Gasteiger partial charge is 0.480 e. The van der Waals surface area contributed by atoms with Crippen molar-refractivity contribution >= 4 is 27.3 Å². The number of nitrogens with one attached hydrogen (secondary N) is 2. The molecule has 1 aromatic carbocycles. The van der Waals surface area contributed by atoms with Gasteiger partial charge in [-0.1, -0.05) is 11.6 Å². The van der Waals surface area contributed by atoms with E-state index in [9.17, 15) is 12.8 Å². The van der Waals surface area contributed by atoms with Crippen LogP contribution in [0.1, 0.15) is 23.6 Å². The van der Waals surface area contributed by atoms with E-state index in [1.807, 2.05) is 4.57 Å². The lowest BCUT2D eigenvalue weighted by molar-refractivity contribution is 0.385. The van der Waals surface area contributed by atoms with E-state index in [0.717, 1.165) is 23.9 Å². The minimum absolute atomic E-state index is 0.0544. The van der Waals surface area contributed by atoms with Crippen molar-refractivity contribution < 1.29 is 21.9 Å². The summed E-state index contributed by atoms with van der Waals surface area (Å²) in [7, 11) is -3.10. The van der Waals surface area contributed by atoms with Gasteiger partial charge in [-0.25, -0.2) is 32.2 Å². The number of imidazole rings is 2. The molecule has 0 fully saturated rings. The van der Waals surface area contributed by atoms with Crippen LogP contribution in [-0.4, -0.2) is 40.0 Å². The normalized spacial score (nSPS) is 15.6. The van der Waals surface area contributed by atoms with Gasteiger partial charge < -0.3 is 14.3 Å². The Hall–Kier alpha value is -3.51. The van der Waals surface area contributed by atoms with Crippen LogP contribution in [0, 0.1) is 11.6 Å². The number of hydrogen-bond acceptors (Lipinski definition) is 6. The summed E-state index contributed by atoms with van der Waals surface area (Å²) in [6, 6.07) is 3.22. The van der Waals surface area contributed by atoms with Crippen LogP contribution in [0.25, 0.3) is 11.5 Å². The van der Waals surface area contributed by atoms with E-state index >= 15 is 4.39 Å². The molecule has 3 aromatic heterocycles. The number of halogens is 3. The number of pyridine rings is 1. The zero-order valence-electron chi connectivity index (χ0n) is 18.3. The predicted molar refractivity (Wildman–Crippen MR) is 124 cm³/mol. The van der Waals surface area contributed by atoms with Gasteiger partial charge in [-0.2, -0.15) is 0 Å². The highest BCUT2D eigenvalue weighted by Gasteiger charge is 2.30. The predicted octanol–water partition coefficient (Wildman–Crippen LogP) is 4.14. The molecule has 4 aromatic rings. The van der Waals surface area contributed by atoms with E-state index in [1.54, 1.807) is 18.7 Å². The Bertz CT molecular complexity index is 1510. The van der Waals surface area contributed by atoms with Gasteiger partial charge in [0.05, 0.1) is 24.1 Å². The number of aromatic amines is 1. The van der Waals surface area contributed by atoms with Gasteiger partial charge in [0.2, 0.25) is 5.88 Å². The van der Waals surface area contributed by atoms with Gasteiger partial charge in [0.1, 0.15) is 11.5 Å². The Morgan fingerprint density at radius 3 is 2.83 bits per heavy atom. The van der Waals surface area contributed by atoms with Crippen LogP contribution in [-0.2, 0) is 23.0 Å². The van der Waals surface area contributed by atoms with Gasteiger partial charge in [0, 0.05) is 42.3 Å². The van der Waals surface area contributed by atoms with Crippen molar-refractivity contribution in [1.29, 1.82) is 0 Å². The molecule has 1 atom stereocenters. The molecular weight excluding hydrogens is 502 g/mol. The summed E-state index contributed by atoms with van der Waals surface area (Å²) in [6.45, 7) is 0.277. The molecule has 2 N–H and O–H groups in total. The SMILES string of the molecule is COc1ncc(Cl)cc1S(=O)(=O)Nc1ccc(F)c([C@H]2CCc3c(-c4ncc[nH]4)ncn3C2)c1F. The summed E-state index contributed by atoms with van der Waals surface area (Å²) >= 11 is 5.89. The molecule has 13 heteroatoms. The molecular formula is C22H19ClF2N6O3S. The average molecular weight is 521 g/mol. The van der Waals surface area contributed by atoms with E-state index in [2.05, 4.69) is 24.7 Å². The highest BCUT2D eigenvalue weighted by molar-refractivity contribution is 7.92. The molecule has 0 saturated heterocycles. The number of fused-ring (bicyclic) bond motifs is 1. The Labute approximate surface area is 204 Å². The Balaban J connectivity index is 1.46. The minimum atomic E-state index is -4.34. The van der Waals surface area contributed by atoms with Crippen molar-refractivity contribution in [3.63, 3.8) is 0 Å². The van der Waals surface area contributed by atoms with Crippen LogP contribution in [0.2, 0.25) is 5.02 Å². The average Bonchev–Trinajstić information content (AvgIpc) is 3.50. The highest BCUT2D eigenvalue weighted by atomic mass is 35.5. The number of hydrogen-bond donors (Lipinski definition) is 2. The van der Waals surface area contributed by atoms with Crippen LogP contribution >= 0.6 is 11.6 Å². The quantitative estimate of drug-likeness (QED) is 0.395. The monoisotopic (exact) mass is 520 g/mol. The zero-order chi connectivity index (χ0) is 24.7. The van der Waals surface area contributed by atoms with Crippen molar-refractivity contribution in [2.45, 2.75) is 30.2 Å². The molecule has 0 radical (unpaired) electrons.